The van der Waals surface area contributed by atoms with Crippen LogP contribution in [-0.4, -0.2) is 83.0 Å². The van der Waals surface area contributed by atoms with E-state index in [1.165, 1.54) is 24.3 Å². The molecule has 380 valence electrons. The molecule has 7 atom stereocenters. The van der Waals surface area contributed by atoms with E-state index in [1.807, 2.05) is 30.3 Å². The third-order valence-electron chi connectivity index (χ3n) is 14.4. The van der Waals surface area contributed by atoms with Gasteiger partial charge in [-0.05, 0) is 122 Å². The van der Waals surface area contributed by atoms with Gasteiger partial charge in [0, 0.05) is 67.9 Å². The van der Waals surface area contributed by atoms with Crippen LogP contribution in [0.1, 0.15) is 92.4 Å². The second kappa shape index (κ2) is 23.3. The molecule has 0 radical (unpaired) electrons. The van der Waals surface area contributed by atoms with Crippen molar-refractivity contribution in [2.24, 2.45) is 22.9 Å². The van der Waals surface area contributed by atoms with E-state index in [2.05, 4.69) is 12.7 Å². The fourth-order valence-corrected chi connectivity index (χ4v) is 11.0. The smallest absolute Gasteiger partial charge is 0.269 e. The number of aliphatic hydroxyl groups is 2. The largest absolute Gasteiger partial charge is 0.489 e. The molecule has 2 N–H and O–H groups in total. The number of ether oxygens (including phenoxy) is 6. The van der Waals surface area contributed by atoms with E-state index >= 15 is 4.79 Å². The molecule has 2 aliphatic carbocycles. The number of rotatable bonds is 22. The van der Waals surface area contributed by atoms with Crippen LogP contribution in [0.5, 0.6) is 23.0 Å². The Hall–Kier alpha value is -6.59. The second-order valence-electron chi connectivity index (χ2n) is 18.9. The highest BCUT2D eigenvalue weighted by atomic mass is 19.1. The average Bonchev–Trinajstić information content (AvgIpc) is 3.88. The maximum atomic E-state index is 15.4. The molecule has 72 heavy (non-hydrogen) atoms. The number of benzene rings is 4. The minimum atomic E-state index is -1.59. The van der Waals surface area contributed by atoms with E-state index in [-0.39, 0.29) is 75.4 Å². The average molecular weight is 988 g/mol. The molecule has 3 aliphatic heterocycles. The van der Waals surface area contributed by atoms with Gasteiger partial charge in [0.2, 0.25) is 24.8 Å². The molecule has 1 saturated heterocycles. The third kappa shape index (κ3) is 11.1. The van der Waals surface area contributed by atoms with E-state index in [0.29, 0.717) is 72.1 Å². The summed E-state index contributed by atoms with van der Waals surface area (Å²) >= 11 is 0. The Morgan fingerprint density at radius 2 is 1.75 bits per heavy atom. The van der Waals surface area contributed by atoms with Gasteiger partial charge < -0.3 is 48.4 Å². The lowest BCUT2D eigenvalue weighted by Crippen LogP contribution is -2.70. The van der Waals surface area contributed by atoms with Gasteiger partial charge in [-0.25, -0.2) is 4.39 Å². The van der Waals surface area contributed by atoms with Gasteiger partial charge in [-0.15, -0.1) is 6.58 Å². The number of hydrogen-bond donors (Lipinski definition) is 2. The first-order valence-corrected chi connectivity index (χ1v) is 25.0. The monoisotopic (exact) mass is 987 g/mol. The summed E-state index contributed by atoms with van der Waals surface area (Å²) in [5.74, 6) is -1.28. The van der Waals surface area contributed by atoms with Crippen molar-refractivity contribution >= 4 is 23.4 Å². The fourth-order valence-electron chi connectivity index (χ4n) is 11.0. The summed E-state index contributed by atoms with van der Waals surface area (Å²) < 4.78 is 53.4. The zero-order chi connectivity index (χ0) is 50.0. The highest BCUT2D eigenvalue weighted by Gasteiger charge is 2.65. The molecule has 0 bridgehead atoms. The molecule has 1 unspecified atom stereocenters. The molecule has 5 aliphatic rings. The molecule has 0 aromatic heterocycles. The van der Waals surface area contributed by atoms with Crippen LogP contribution in [0.25, 0.3) is 6.08 Å². The number of aliphatic hydroxyl groups excluding tert-OH is 2. The van der Waals surface area contributed by atoms with Crippen LogP contribution >= 0.6 is 0 Å². The molecule has 3 heterocycles. The number of carbonyl (C=O) groups excluding carboxylic acids is 1. The van der Waals surface area contributed by atoms with Gasteiger partial charge in [0.15, 0.2) is 11.5 Å². The lowest BCUT2D eigenvalue weighted by atomic mass is 9.55. The summed E-state index contributed by atoms with van der Waals surface area (Å²) in [6.45, 7) is 4.84. The van der Waals surface area contributed by atoms with E-state index in [4.69, 9.17) is 38.4 Å². The van der Waals surface area contributed by atoms with Crippen molar-refractivity contribution in [3.63, 3.8) is 0 Å². The second-order valence-corrected chi connectivity index (χ2v) is 18.9. The first-order chi connectivity index (χ1) is 35.2. The summed E-state index contributed by atoms with van der Waals surface area (Å²) in [6.07, 6.45) is 13.2. The molecule has 16 heteroatoms. The number of oxime groups is 1. The van der Waals surface area contributed by atoms with E-state index in [0.717, 1.165) is 48.8 Å². The van der Waals surface area contributed by atoms with Crippen molar-refractivity contribution in [3.05, 3.63) is 153 Å². The standard InChI is InChI=1S/C56H62FN3O12/c1-2-28-70-56-51(59(34-38-18-23-49-50(30-38)69-36-68-49)52(63)25-19-37-16-20-41(21-17-37)60(64)65)33-47(58-72-53-15-7-10-29-66-53)44-31-39(11-5-8-26-61)43(13-6-9-27-62)54(55(44)56)45-32-42(22-24-48(45)71-56)67-35-40-12-3-4-14-46(40)57/h2-4,12,14,16-25,30-32,39,43,51,53-55,61-62H,1,5-11,13,15,26-29,33-36H2/t39-,43+,51-,53?,54+,55+,56+/m0/s1. The van der Waals surface area contributed by atoms with Gasteiger partial charge in [0.05, 0.1) is 29.8 Å². The van der Waals surface area contributed by atoms with Crippen molar-refractivity contribution in [2.45, 2.75) is 101 Å². The normalized spacial score (nSPS) is 24.4. The van der Waals surface area contributed by atoms with Crippen molar-refractivity contribution in [2.75, 3.05) is 33.2 Å². The van der Waals surface area contributed by atoms with E-state index < -0.39 is 34.9 Å². The van der Waals surface area contributed by atoms with Gasteiger partial charge in [-0.3, -0.25) is 14.9 Å². The Morgan fingerprint density at radius 3 is 2.51 bits per heavy atom. The quantitative estimate of drug-likeness (QED) is 0.0251. The number of hydrogen-bond acceptors (Lipinski definition) is 13. The number of carbonyl (C=O) groups is 1. The summed E-state index contributed by atoms with van der Waals surface area (Å²) in [6, 6.07) is 22.7. The molecule has 4 aromatic carbocycles. The zero-order valence-corrected chi connectivity index (χ0v) is 40.3. The number of non-ortho nitro benzene ring substituents is 1. The highest BCUT2D eigenvalue weighted by Crippen LogP contribution is 2.62. The Balaban J connectivity index is 1.23. The minimum absolute atomic E-state index is 0.00849. The Bertz CT molecular complexity index is 2650. The fraction of sp³-hybridized carbons (Fsp3) is 0.429. The first kappa shape index (κ1) is 50.4. The number of halogens is 1. The molecule has 0 spiro atoms. The summed E-state index contributed by atoms with van der Waals surface area (Å²) in [4.78, 5) is 34.5. The number of nitrogens with zero attached hydrogens (tertiary/aromatic N) is 3. The summed E-state index contributed by atoms with van der Waals surface area (Å²) in [5.41, 5.74) is 3.94. The maximum absolute atomic E-state index is 15.4. The van der Waals surface area contributed by atoms with Gasteiger partial charge in [0.25, 0.3) is 5.69 Å². The van der Waals surface area contributed by atoms with Gasteiger partial charge in [0.1, 0.15) is 30.0 Å². The Labute approximate surface area is 418 Å². The van der Waals surface area contributed by atoms with E-state index in [9.17, 15) is 24.7 Å². The molecule has 1 amide bonds. The maximum Gasteiger partial charge on any atom is 0.269 e. The number of nitro benzene ring substituents is 1. The molecular formula is C56H62FN3O12. The van der Waals surface area contributed by atoms with Gasteiger partial charge in [-0.1, -0.05) is 54.4 Å². The molecule has 9 rings (SSSR count). The lowest BCUT2D eigenvalue weighted by Gasteiger charge is -2.60. The van der Waals surface area contributed by atoms with Gasteiger partial charge in [-0.2, -0.15) is 0 Å². The molecule has 1 saturated carbocycles. The molecule has 15 nitrogen and oxygen atoms in total. The molecular weight excluding hydrogens is 926 g/mol. The Morgan fingerprint density at radius 1 is 0.958 bits per heavy atom. The number of fused-ring (bicyclic) bond motifs is 3. The molecule has 2 fully saturated rings. The van der Waals surface area contributed by atoms with Crippen molar-refractivity contribution < 1.29 is 57.6 Å². The molecule has 4 aromatic rings. The third-order valence-corrected chi connectivity index (χ3v) is 14.4. The Kier molecular flexibility index (Phi) is 16.3. The van der Waals surface area contributed by atoms with Crippen LogP contribution in [0.2, 0.25) is 0 Å². The number of allylic oxidation sites excluding steroid dienone is 1. The number of nitro groups is 1. The topological polar surface area (TPSA) is 181 Å². The highest BCUT2D eigenvalue weighted by molar-refractivity contribution is 6.03. The SMILES string of the molecule is C=CCO[C@@]12Oc3ccc(OCc4ccccc4F)cc3[C@H]3[C@H](CCCCO)[C@@H](CCCCO)C=C(C(=NOC4CCCCO4)C[C@@H]1N(Cc1ccc4c(c1)OCO4)C(=O)C=Cc1ccc([N+](=O)[O-])cc1)[C@H]32. The minimum Gasteiger partial charge on any atom is -0.489 e. The van der Waals surface area contributed by atoms with Crippen LogP contribution in [0.4, 0.5) is 10.1 Å². The van der Waals surface area contributed by atoms with Crippen LogP contribution < -0.4 is 18.9 Å². The number of amides is 1. The van der Waals surface area contributed by atoms with E-state index in [1.54, 1.807) is 53.5 Å². The predicted octanol–water partition coefficient (Wildman–Crippen LogP) is 9.94. The van der Waals surface area contributed by atoms with Gasteiger partial charge >= 0.3 is 0 Å². The van der Waals surface area contributed by atoms with Crippen LogP contribution in [0.3, 0.4) is 0 Å². The lowest BCUT2D eigenvalue weighted by molar-refractivity contribution is -0.384. The van der Waals surface area contributed by atoms with Crippen molar-refractivity contribution in [3.8, 4) is 23.0 Å². The van der Waals surface area contributed by atoms with Crippen LogP contribution in [0, 0.1) is 33.7 Å². The predicted molar refractivity (Wildman–Crippen MR) is 266 cm³/mol. The van der Waals surface area contributed by atoms with Crippen molar-refractivity contribution in [1.82, 2.24) is 4.90 Å². The summed E-state index contributed by atoms with van der Waals surface area (Å²) in [5, 5.41) is 36.6. The van der Waals surface area contributed by atoms with Crippen LogP contribution in [0.15, 0.2) is 120 Å². The van der Waals surface area contributed by atoms with Crippen LogP contribution in [-0.2, 0) is 32.3 Å². The number of unbranched alkanes of at least 4 members (excludes halogenated alkanes) is 2. The van der Waals surface area contributed by atoms with Crippen molar-refractivity contribution in [1.29, 1.82) is 0 Å². The first-order valence-electron chi connectivity index (χ1n) is 25.0. The summed E-state index contributed by atoms with van der Waals surface area (Å²) in [7, 11) is 0. The zero-order valence-electron chi connectivity index (χ0n) is 40.3.